The average Bonchev–Trinajstić information content (AvgIpc) is 3.23. The van der Waals surface area contributed by atoms with E-state index in [4.69, 9.17) is 5.73 Å². The summed E-state index contributed by atoms with van der Waals surface area (Å²) in [5, 5.41) is 8.98. The number of fused-ring (bicyclic) bond motifs is 1. The Hall–Kier alpha value is -4.40. The van der Waals surface area contributed by atoms with Crippen LogP contribution in [-0.4, -0.2) is 0 Å². The number of nitrogens with two attached hydrogens (primary N) is 1. The summed E-state index contributed by atoms with van der Waals surface area (Å²) in [6.45, 7) is 0. The van der Waals surface area contributed by atoms with E-state index in [1.165, 1.54) is 49.4 Å². The maximum Gasteiger partial charge on any atom is 0.0713 e. The van der Waals surface area contributed by atoms with Gasteiger partial charge in [0.25, 0.3) is 0 Å². The molecule has 0 heterocycles. The first-order valence-electron chi connectivity index (χ1n) is 12.9. The normalized spacial score (nSPS) is 16.5. The van der Waals surface area contributed by atoms with Crippen LogP contribution >= 0.6 is 0 Å². The molecule has 2 unspecified atom stereocenters. The van der Waals surface area contributed by atoms with Crippen LogP contribution < -0.4 is 11.1 Å². The van der Waals surface area contributed by atoms with Crippen LogP contribution in [0.5, 0.6) is 0 Å². The van der Waals surface area contributed by atoms with Crippen LogP contribution in [0.3, 0.4) is 0 Å². The highest BCUT2D eigenvalue weighted by Crippen LogP contribution is 2.47. The molecule has 2 nitrogen and oxygen atoms in total. The summed E-state index contributed by atoms with van der Waals surface area (Å²) in [5.74, 6) is 0.0882. The van der Waals surface area contributed by atoms with Crippen LogP contribution in [0.4, 0.5) is 5.69 Å². The van der Waals surface area contributed by atoms with Gasteiger partial charge in [0.15, 0.2) is 0 Å². The molecule has 0 amide bonds. The molecule has 6 aromatic rings. The number of hydrogen-bond acceptors (Lipinski definition) is 2. The minimum atomic E-state index is -0.125. The van der Waals surface area contributed by atoms with Crippen LogP contribution in [0, 0.1) is 0 Å². The van der Waals surface area contributed by atoms with Crippen LogP contribution in [0.15, 0.2) is 133 Å². The summed E-state index contributed by atoms with van der Waals surface area (Å²) in [4.78, 5) is 0. The van der Waals surface area contributed by atoms with Gasteiger partial charge in [0.2, 0.25) is 0 Å². The topological polar surface area (TPSA) is 38.0 Å². The van der Waals surface area contributed by atoms with Gasteiger partial charge in [-0.25, -0.2) is 0 Å². The van der Waals surface area contributed by atoms with E-state index in [1.54, 1.807) is 0 Å². The van der Waals surface area contributed by atoms with Gasteiger partial charge in [-0.15, -0.1) is 0 Å². The lowest BCUT2D eigenvalue weighted by Crippen LogP contribution is -2.23. The molecule has 178 valence electrons. The highest BCUT2D eigenvalue weighted by molar-refractivity contribution is 5.98. The molecule has 0 aromatic heterocycles. The highest BCUT2D eigenvalue weighted by Gasteiger charge is 2.33. The first-order chi connectivity index (χ1) is 18.3. The van der Waals surface area contributed by atoms with Crippen molar-refractivity contribution in [2.24, 2.45) is 5.73 Å². The van der Waals surface area contributed by atoms with Gasteiger partial charge in [0.1, 0.15) is 0 Å². The zero-order chi connectivity index (χ0) is 24.8. The second-order valence-electron chi connectivity index (χ2n) is 9.95. The molecular formula is C35H28N2. The number of hydrogen-bond donors (Lipinski definition) is 2. The molecule has 0 aliphatic heterocycles. The lowest BCUT2D eigenvalue weighted by atomic mass is 9.83. The molecule has 0 fully saturated rings. The number of nitrogens with one attached hydrogen (secondary N) is 1. The zero-order valence-corrected chi connectivity index (χ0v) is 20.5. The van der Waals surface area contributed by atoms with Gasteiger partial charge in [0.05, 0.1) is 12.1 Å². The van der Waals surface area contributed by atoms with E-state index in [2.05, 4.69) is 139 Å². The van der Waals surface area contributed by atoms with Gasteiger partial charge >= 0.3 is 0 Å². The summed E-state index contributed by atoms with van der Waals surface area (Å²) in [7, 11) is 0. The predicted molar refractivity (Wildman–Crippen MR) is 155 cm³/mol. The molecule has 6 aromatic carbocycles. The Labute approximate surface area is 217 Å². The quantitative estimate of drug-likeness (QED) is 0.245. The largest absolute Gasteiger partial charge is 0.376 e. The molecule has 0 spiro atoms. The van der Waals surface area contributed by atoms with Crippen LogP contribution in [-0.2, 0) is 0 Å². The fourth-order valence-electron chi connectivity index (χ4n) is 6.17. The Morgan fingerprint density at radius 1 is 0.541 bits per heavy atom. The molecular weight excluding hydrogens is 448 g/mol. The smallest absolute Gasteiger partial charge is 0.0713 e. The fraction of sp³-hybridized carbons (Fsp3) is 0.0857. The van der Waals surface area contributed by atoms with Crippen molar-refractivity contribution in [1.29, 1.82) is 0 Å². The molecule has 2 atom stereocenters. The average molecular weight is 477 g/mol. The van der Waals surface area contributed by atoms with Crippen molar-refractivity contribution in [2.75, 3.05) is 5.32 Å². The standard InChI is InChI=1S/C35H28N2/c36-33-28-19-9-16-26-17-10-20-29(32(26)28)35(33)37-34-27-18-8-7-11-23(27)21-22-30(34)31(24-12-3-1-4-13-24)25-14-5-2-6-15-25/h1-22,31,33,35,37H,36H2. The molecule has 0 radical (unpaired) electrons. The van der Waals surface area contributed by atoms with E-state index in [1.807, 2.05) is 0 Å². The minimum absolute atomic E-state index is 0.0159. The Morgan fingerprint density at radius 3 is 1.84 bits per heavy atom. The van der Waals surface area contributed by atoms with E-state index in [0.717, 1.165) is 5.69 Å². The Bertz CT molecular complexity index is 1680. The summed E-state index contributed by atoms with van der Waals surface area (Å²) >= 11 is 0. The Morgan fingerprint density at radius 2 is 1.14 bits per heavy atom. The van der Waals surface area contributed by atoms with Gasteiger partial charge in [-0.3, -0.25) is 0 Å². The fourth-order valence-corrected chi connectivity index (χ4v) is 6.17. The van der Waals surface area contributed by atoms with E-state index < -0.39 is 0 Å². The molecule has 37 heavy (non-hydrogen) atoms. The number of benzene rings is 6. The third-order valence-electron chi connectivity index (χ3n) is 7.86. The summed E-state index contributed by atoms with van der Waals surface area (Å²) < 4.78 is 0. The Balaban J connectivity index is 1.45. The third kappa shape index (κ3) is 3.61. The molecule has 0 saturated carbocycles. The minimum Gasteiger partial charge on any atom is -0.376 e. The van der Waals surface area contributed by atoms with E-state index in [-0.39, 0.29) is 18.0 Å². The first-order valence-corrected chi connectivity index (χ1v) is 12.9. The zero-order valence-electron chi connectivity index (χ0n) is 20.5. The third-order valence-corrected chi connectivity index (χ3v) is 7.86. The molecule has 0 bridgehead atoms. The second kappa shape index (κ2) is 8.92. The summed E-state index contributed by atoms with van der Waals surface area (Å²) in [5.41, 5.74) is 14.4. The summed E-state index contributed by atoms with van der Waals surface area (Å²) in [6, 6.07) is 47.7. The predicted octanol–water partition coefficient (Wildman–Crippen LogP) is 8.34. The van der Waals surface area contributed by atoms with Crippen molar-refractivity contribution in [3.05, 3.63) is 161 Å². The second-order valence-corrected chi connectivity index (χ2v) is 9.95. The molecule has 3 N–H and O–H groups in total. The van der Waals surface area contributed by atoms with Gasteiger partial charge in [-0.05, 0) is 44.0 Å². The SMILES string of the molecule is NC1c2cccc3cccc(c23)C1Nc1c(C(c2ccccc2)c2ccccc2)ccc2ccccc12. The van der Waals surface area contributed by atoms with E-state index in [9.17, 15) is 0 Å². The molecule has 1 aliphatic carbocycles. The lowest BCUT2D eigenvalue weighted by Gasteiger charge is -2.28. The van der Waals surface area contributed by atoms with Gasteiger partial charge < -0.3 is 11.1 Å². The van der Waals surface area contributed by atoms with Crippen molar-refractivity contribution in [1.82, 2.24) is 0 Å². The van der Waals surface area contributed by atoms with Crippen molar-refractivity contribution in [3.63, 3.8) is 0 Å². The monoisotopic (exact) mass is 476 g/mol. The molecule has 2 heteroatoms. The van der Waals surface area contributed by atoms with Crippen LogP contribution in [0.2, 0.25) is 0 Å². The van der Waals surface area contributed by atoms with Crippen molar-refractivity contribution in [2.45, 2.75) is 18.0 Å². The summed E-state index contributed by atoms with van der Waals surface area (Å²) in [6.07, 6.45) is 0. The van der Waals surface area contributed by atoms with Crippen LogP contribution in [0.1, 0.15) is 45.8 Å². The first kappa shape index (κ1) is 21.8. The van der Waals surface area contributed by atoms with Crippen molar-refractivity contribution in [3.8, 4) is 0 Å². The van der Waals surface area contributed by atoms with Gasteiger partial charge in [0, 0.05) is 17.0 Å². The van der Waals surface area contributed by atoms with Gasteiger partial charge in [-0.1, -0.05) is 133 Å². The van der Waals surface area contributed by atoms with Gasteiger partial charge in [-0.2, -0.15) is 0 Å². The molecule has 1 aliphatic rings. The Kier molecular flexibility index (Phi) is 5.27. The van der Waals surface area contributed by atoms with E-state index in [0.29, 0.717) is 0 Å². The maximum absolute atomic E-state index is 6.96. The molecule has 0 saturated heterocycles. The lowest BCUT2D eigenvalue weighted by molar-refractivity contribution is 0.639. The van der Waals surface area contributed by atoms with Crippen molar-refractivity contribution < 1.29 is 0 Å². The maximum atomic E-state index is 6.96. The van der Waals surface area contributed by atoms with E-state index >= 15 is 0 Å². The number of anilines is 1. The molecule has 7 rings (SSSR count). The van der Waals surface area contributed by atoms with Crippen LogP contribution in [0.25, 0.3) is 21.5 Å². The highest BCUT2D eigenvalue weighted by atomic mass is 15.0. The van der Waals surface area contributed by atoms with Crippen molar-refractivity contribution >= 4 is 27.2 Å². The number of rotatable bonds is 5.